The van der Waals surface area contributed by atoms with E-state index >= 15 is 0 Å². The van der Waals surface area contributed by atoms with Crippen LogP contribution in [0.4, 0.5) is 11.6 Å². The maximum absolute atomic E-state index is 10.1. The van der Waals surface area contributed by atoms with E-state index in [2.05, 4.69) is 10.3 Å². The van der Waals surface area contributed by atoms with Gasteiger partial charge in [-0.1, -0.05) is 7.43 Å². The van der Waals surface area contributed by atoms with Crippen LogP contribution in [0.3, 0.4) is 0 Å². The molecule has 8 nitrogen and oxygen atoms in total. The average molecular weight is 408 g/mol. The minimum absolute atomic E-state index is 0. The highest BCUT2D eigenvalue weighted by atomic mass is 16.5. The summed E-state index contributed by atoms with van der Waals surface area (Å²) in [6.07, 6.45) is 3.51. The molecule has 2 N–H and O–H groups in total. The van der Waals surface area contributed by atoms with Gasteiger partial charge in [0.2, 0.25) is 5.95 Å². The standard InChI is InChI=1S/C21H20N4O4.CH4/c1-27-17-7-5-14(11-16(17)26)23-21-24-15(12-20-22-8-9-25(20)21)13-4-6-18(28-2)19(10-13)29-3;/h4-12,26H,1-3H3,(H,23,24);1H4. The summed E-state index contributed by atoms with van der Waals surface area (Å²) in [6.45, 7) is 0. The lowest BCUT2D eigenvalue weighted by Gasteiger charge is -2.13. The van der Waals surface area contributed by atoms with Gasteiger partial charge in [0.05, 0.1) is 27.0 Å². The van der Waals surface area contributed by atoms with Gasteiger partial charge in [0.15, 0.2) is 23.0 Å². The number of fused-ring (bicyclic) bond motifs is 1. The van der Waals surface area contributed by atoms with Gasteiger partial charge in [0.25, 0.3) is 0 Å². The highest BCUT2D eigenvalue weighted by molar-refractivity contribution is 5.70. The molecule has 0 aliphatic rings. The number of benzene rings is 2. The number of phenolic OH excluding ortho intramolecular Hbond substituents is 1. The molecule has 4 rings (SSSR count). The fourth-order valence-electron chi connectivity index (χ4n) is 3.05. The van der Waals surface area contributed by atoms with Crippen LogP contribution in [0, 0.1) is 0 Å². The number of aromatic hydroxyl groups is 1. The largest absolute Gasteiger partial charge is 0.504 e. The predicted octanol–water partition coefficient (Wildman–Crippen LogP) is 4.51. The highest BCUT2D eigenvalue weighted by Gasteiger charge is 2.12. The maximum atomic E-state index is 10.1. The Balaban J connectivity index is 0.00000256. The molecule has 0 saturated carbocycles. The first-order valence-corrected chi connectivity index (χ1v) is 8.83. The van der Waals surface area contributed by atoms with Crippen LogP contribution in [0.2, 0.25) is 0 Å². The van der Waals surface area contributed by atoms with Crippen molar-refractivity contribution in [3.8, 4) is 34.3 Å². The Kier molecular flexibility index (Phi) is 5.96. The van der Waals surface area contributed by atoms with E-state index in [9.17, 15) is 5.11 Å². The topological polar surface area (TPSA) is 90.1 Å². The van der Waals surface area contributed by atoms with Crippen molar-refractivity contribution in [2.45, 2.75) is 7.43 Å². The van der Waals surface area contributed by atoms with Crippen molar-refractivity contribution in [3.63, 3.8) is 0 Å². The van der Waals surface area contributed by atoms with Gasteiger partial charge in [-0.05, 0) is 30.3 Å². The van der Waals surface area contributed by atoms with Gasteiger partial charge in [0, 0.05) is 35.8 Å². The zero-order valence-corrected chi connectivity index (χ0v) is 16.2. The molecule has 156 valence electrons. The second-order valence-corrected chi connectivity index (χ2v) is 6.20. The number of aromatic nitrogens is 3. The molecule has 0 spiro atoms. The normalized spacial score (nSPS) is 10.4. The Morgan fingerprint density at radius 2 is 1.63 bits per heavy atom. The molecule has 0 amide bonds. The summed E-state index contributed by atoms with van der Waals surface area (Å²) in [5.41, 5.74) is 2.96. The third kappa shape index (κ3) is 3.80. The average Bonchev–Trinajstić information content (AvgIpc) is 3.22. The molecule has 0 saturated heterocycles. The van der Waals surface area contributed by atoms with Crippen LogP contribution in [0.15, 0.2) is 54.9 Å². The van der Waals surface area contributed by atoms with Crippen molar-refractivity contribution in [2.24, 2.45) is 0 Å². The highest BCUT2D eigenvalue weighted by Crippen LogP contribution is 2.33. The molecule has 0 bridgehead atoms. The third-order valence-corrected chi connectivity index (χ3v) is 4.50. The lowest BCUT2D eigenvalue weighted by molar-refractivity contribution is 0.355. The number of nitrogens with zero attached hydrogens (tertiary/aromatic N) is 3. The van der Waals surface area contributed by atoms with E-state index in [0.717, 1.165) is 11.2 Å². The van der Waals surface area contributed by atoms with E-state index in [4.69, 9.17) is 19.2 Å². The van der Waals surface area contributed by atoms with E-state index in [1.807, 2.05) is 34.9 Å². The molecular formula is C22H24N4O4. The number of nitrogens with one attached hydrogen (secondary N) is 1. The Labute approximate surface area is 174 Å². The Hall–Kier alpha value is -3.94. The SMILES string of the molecule is C.COc1ccc(Nc2nc(-c3ccc(OC)c(OC)c3)cc3nccn23)cc1O. The Bertz CT molecular complexity index is 1170. The smallest absolute Gasteiger partial charge is 0.213 e. The van der Waals surface area contributed by atoms with Crippen LogP contribution in [0.25, 0.3) is 16.9 Å². The molecule has 4 aromatic rings. The summed E-state index contributed by atoms with van der Waals surface area (Å²) in [5, 5.41) is 13.3. The van der Waals surface area contributed by atoms with Crippen molar-refractivity contribution in [2.75, 3.05) is 26.6 Å². The third-order valence-electron chi connectivity index (χ3n) is 4.50. The summed E-state index contributed by atoms with van der Waals surface area (Å²) in [6, 6.07) is 12.5. The van der Waals surface area contributed by atoms with Gasteiger partial charge >= 0.3 is 0 Å². The van der Waals surface area contributed by atoms with E-state index in [1.54, 1.807) is 38.6 Å². The first-order chi connectivity index (χ1) is 14.1. The molecule has 2 aromatic heterocycles. The monoisotopic (exact) mass is 408 g/mol. The number of methoxy groups -OCH3 is 3. The fraction of sp³-hybridized carbons (Fsp3) is 0.182. The van der Waals surface area contributed by atoms with Gasteiger partial charge in [-0.3, -0.25) is 4.40 Å². The number of phenols is 1. The van der Waals surface area contributed by atoms with Gasteiger partial charge < -0.3 is 24.6 Å². The van der Waals surface area contributed by atoms with Crippen LogP contribution < -0.4 is 19.5 Å². The van der Waals surface area contributed by atoms with Crippen LogP contribution in [0.1, 0.15) is 7.43 Å². The molecule has 0 fully saturated rings. The molecule has 0 aliphatic carbocycles. The lowest BCUT2D eigenvalue weighted by Crippen LogP contribution is -2.03. The van der Waals surface area contributed by atoms with Crippen LogP contribution >= 0.6 is 0 Å². The van der Waals surface area contributed by atoms with Gasteiger partial charge in [0.1, 0.15) is 5.65 Å². The second-order valence-electron chi connectivity index (χ2n) is 6.20. The zero-order valence-electron chi connectivity index (χ0n) is 16.2. The van der Waals surface area contributed by atoms with Crippen LogP contribution in [-0.4, -0.2) is 40.8 Å². The van der Waals surface area contributed by atoms with Gasteiger partial charge in [-0.25, -0.2) is 9.97 Å². The van der Waals surface area contributed by atoms with Gasteiger partial charge in [-0.15, -0.1) is 0 Å². The van der Waals surface area contributed by atoms with Crippen LogP contribution in [-0.2, 0) is 0 Å². The fourth-order valence-corrected chi connectivity index (χ4v) is 3.05. The number of anilines is 2. The number of ether oxygens (including phenoxy) is 3. The van der Waals surface area contributed by atoms with E-state index in [-0.39, 0.29) is 13.2 Å². The molecule has 2 aromatic carbocycles. The summed E-state index contributed by atoms with van der Waals surface area (Å²) in [5.74, 6) is 2.25. The van der Waals surface area contributed by atoms with E-state index in [1.165, 1.54) is 7.11 Å². The number of hydrogen-bond donors (Lipinski definition) is 2. The quantitative estimate of drug-likeness (QED) is 0.485. The Morgan fingerprint density at radius 1 is 0.900 bits per heavy atom. The summed E-state index contributed by atoms with van der Waals surface area (Å²) < 4.78 is 17.6. The number of rotatable bonds is 6. The van der Waals surface area contributed by atoms with Crippen molar-refractivity contribution in [1.29, 1.82) is 0 Å². The van der Waals surface area contributed by atoms with Crippen LogP contribution in [0.5, 0.6) is 23.0 Å². The molecule has 0 radical (unpaired) electrons. The maximum Gasteiger partial charge on any atom is 0.213 e. The van der Waals surface area contributed by atoms with Crippen molar-refractivity contribution in [1.82, 2.24) is 14.4 Å². The zero-order chi connectivity index (χ0) is 20.4. The lowest BCUT2D eigenvalue weighted by atomic mass is 10.1. The molecule has 0 aliphatic heterocycles. The number of imidazole rings is 1. The molecular weight excluding hydrogens is 384 g/mol. The van der Waals surface area contributed by atoms with Crippen molar-refractivity contribution < 1.29 is 19.3 Å². The molecule has 8 heteroatoms. The predicted molar refractivity (Wildman–Crippen MR) is 116 cm³/mol. The summed E-state index contributed by atoms with van der Waals surface area (Å²) in [7, 11) is 4.69. The minimum Gasteiger partial charge on any atom is -0.504 e. The Morgan fingerprint density at radius 3 is 2.33 bits per heavy atom. The van der Waals surface area contributed by atoms with Gasteiger partial charge in [-0.2, -0.15) is 0 Å². The molecule has 30 heavy (non-hydrogen) atoms. The second kappa shape index (κ2) is 8.60. The first kappa shape index (κ1) is 20.8. The molecule has 0 unspecified atom stereocenters. The van der Waals surface area contributed by atoms with E-state index < -0.39 is 0 Å². The van der Waals surface area contributed by atoms with Crippen molar-refractivity contribution >= 4 is 17.3 Å². The minimum atomic E-state index is 0. The first-order valence-electron chi connectivity index (χ1n) is 8.83. The summed E-state index contributed by atoms with van der Waals surface area (Å²) >= 11 is 0. The summed E-state index contributed by atoms with van der Waals surface area (Å²) in [4.78, 5) is 9.13. The number of hydrogen-bond acceptors (Lipinski definition) is 7. The molecule has 0 atom stereocenters. The van der Waals surface area contributed by atoms with E-state index in [0.29, 0.717) is 34.6 Å². The van der Waals surface area contributed by atoms with Crippen molar-refractivity contribution in [3.05, 3.63) is 54.9 Å². The molecule has 2 heterocycles.